The van der Waals surface area contributed by atoms with E-state index < -0.39 is 6.10 Å². The summed E-state index contributed by atoms with van der Waals surface area (Å²) < 4.78 is 16.7. The van der Waals surface area contributed by atoms with Gasteiger partial charge in [0.1, 0.15) is 13.2 Å². The van der Waals surface area contributed by atoms with Crippen molar-refractivity contribution in [3.63, 3.8) is 0 Å². The Morgan fingerprint density at radius 1 is 0.290 bits per heavy atom. The molecule has 0 N–H and O–H groups in total. The van der Waals surface area contributed by atoms with Gasteiger partial charge in [0.25, 0.3) is 0 Å². The third kappa shape index (κ3) is 53.8. The summed E-state index contributed by atoms with van der Waals surface area (Å²) in [5, 5.41) is 0. The van der Waals surface area contributed by atoms with Crippen LogP contribution in [0.2, 0.25) is 0 Å². The number of hydrogen-bond acceptors (Lipinski definition) is 6. The molecule has 1 unspecified atom stereocenters. The van der Waals surface area contributed by atoms with Gasteiger partial charge in [-0.1, -0.05) is 211 Å². The van der Waals surface area contributed by atoms with E-state index in [9.17, 15) is 14.4 Å². The van der Waals surface area contributed by atoms with Crippen LogP contribution in [0.3, 0.4) is 0 Å². The molecule has 0 aliphatic carbocycles. The number of esters is 3. The summed E-state index contributed by atoms with van der Waals surface area (Å²) >= 11 is 0. The van der Waals surface area contributed by atoms with Crippen LogP contribution >= 0.6 is 0 Å². The van der Waals surface area contributed by atoms with Crippen molar-refractivity contribution in [1.29, 1.82) is 0 Å². The summed E-state index contributed by atoms with van der Waals surface area (Å²) in [6.45, 7) is 6.17. The molecule has 0 aromatic rings. The van der Waals surface area contributed by atoms with Crippen LogP contribution in [0.5, 0.6) is 0 Å². The maximum atomic E-state index is 12.8. The van der Waals surface area contributed by atoms with Gasteiger partial charge in [0.15, 0.2) is 6.10 Å². The second kappa shape index (κ2) is 55.6. The van der Waals surface area contributed by atoms with E-state index in [2.05, 4.69) is 167 Å². The van der Waals surface area contributed by atoms with Gasteiger partial charge in [-0.25, -0.2) is 0 Å². The Balaban J connectivity index is 4.59. The number of allylic oxidation sites excluding steroid dienone is 26. The molecule has 0 radical (unpaired) electrons. The first kappa shape index (κ1) is 64.0. The van der Waals surface area contributed by atoms with Crippen molar-refractivity contribution in [2.45, 2.75) is 207 Å². The zero-order valence-corrected chi connectivity index (χ0v) is 43.8. The van der Waals surface area contributed by atoms with Crippen molar-refractivity contribution in [1.82, 2.24) is 0 Å². The van der Waals surface area contributed by atoms with E-state index in [0.717, 1.165) is 141 Å². The first-order valence-electron chi connectivity index (χ1n) is 27.0. The molecule has 6 heteroatoms. The van der Waals surface area contributed by atoms with Crippen LogP contribution in [0.4, 0.5) is 0 Å². The van der Waals surface area contributed by atoms with Crippen molar-refractivity contribution in [3.05, 3.63) is 158 Å². The Hall–Kier alpha value is -4.97. The highest BCUT2D eigenvalue weighted by Gasteiger charge is 2.19. The first-order valence-corrected chi connectivity index (χ1v) is 27.0. The third-order valence-electron chi connectivity index (χ3n) is 10.5. The molecule has 0 bridgehead atoms. The fourth-order valence-corrected chi connectivity index (χ4v) is 6.59. The van der Waals surface area contributed by atoms with Gasteiger partial charge in [0.2, 0.25) is 0 Å². The van der Waals surface area contributed by atoms with Gasteiger partial charge in [-0.15, -0.1) is 0 Å². The molecule has 384 valence electrons. The Morgan fingerprint density at radius 3 is 0.913 bits per heavy atom. The van der Waals surface area contributed by atoms with Crippen LogP contribution in [0.15, 0.2) is 158 Å². The molecule has 0 aromatic carbocycles. The van der Waals surface area contributed by atoms with Gasteiger partial charge in [-0.2, -0.15) is 0 Å². The number of ether oxygens (including phenoxy) is 3. The highest BCUT2D eigenvalue weighted by Crippen LogP contribution is 2.12. The van der Waals surface area contributed by atoms with Crippen LogP contribution in [-0.4, -0.2) is 37.2 Å². The van der Waals surface area contributed by atoms with Gasteiger partial charge < -0.3 is 14.2 Å². The van der Waals surface area contributed by atoms with Gasteiger partial charge in [-0.3, -0.25) is 14.4 Å². The lowest BCUT2D eigenvalue weighted by Gasteiger charge is -2.18. The number of carbonyl (C=O) groups excluding carboxylic acids is 3. The lowest BCUT2D eigenvalue weighted by molar-refractivity contribution is -0.166. The van der Waals surface area contributed by atoms with E-state index in [-0.39, 0.29) is 44.0 Å². The van der Waals surface area contributed by atoms with Gasteiger partial charge in [0, 0.05) is 19.3 Å². The number of carbonyl (C=O) groups is 3. The molecule has 0 aromatic heterocycles. The van der Waals surface area contributed by atoms with Crippen LogP contribution in [-0.2, 0) is 28.6 Å². The predicted molar refractivity (Wildman–Crippen MR) is 297 cm³/mol. The zero-order chi connectivity index (χ0) is 50.0. The van der Waals surface area contributed by atoms with E-state index in [4.69, 9.17) is 14.2 Å². The molecule has 1 atom stereocenters. The minimum atomic E-state index is -0.837. The maximum Gasteiger partial charge on any atom is 0.306 e. The molecule has 0 heterocycles. The summed E-state index contributed by atoms with van der Waals surface area (Å²) in [5.74, 6) is -1.07. The van der Waals surface area contributed by atoms with E-state index >= 15 is 0 Å². The summed E-state index contributed by atoms with van der Waals surface area (Å²) in [5.41, 5.74) is 0. The molecule has 6 nitrogen and oxygen atoms in total. The molecule has 0 rings (SSSR count). The smallest absolute Gasteiger partial charge is 0.306 e. The Bertz CT molecular complexity index is 1610. The SMILES string of the molecule is CC/C=C\C/C=C\C/C=C\C/C=C\C/C=C\C/C=C\CCC(=O)OCC(COC(=O)CCCCC/C=C\C/C=C\C/C=C\CC)OC(=O)CCCCCCCC/C=C\C/C=C\C/C=C\C/C=C\CC. The average Bonchev–Trinajstić information content (AvgIpc) is 3.35. The van der Waals surface area contributed by atoms with Crippen molar-refractivity contribution in [3.8, 4) is 0 Å². The molecule has 0 aliphatic rings. The fourth-order valence-electron chi connectivity index (χ4n) is 6.59. The number of unbranched alkanes of at least 4 members (excludes halogenated alkanes) is 9. The topological polar surface area (TPSA) is 78.9 Å². The van der Waals surface area contributed by atoms with E-state index in [1.165, 1.54) is 12.8 Å². The second-order valence-electron chi connectivity index (χ2n) is 17.0. The van der Waals surface area contributed by atoms with E-state index in [1.807, 2.05) is 12.2 Å². The van der Waals surface area contributed by atoms with Crippen LogP contribution in [0.25, 0.3) is 0 Å². The third-order valence-corrected chi connectivity index (χ3v) is 10.5. The highest BCUT2D eigenvalue weighted by molar-refractivity contribution is 5.71. The number of rotatable bonds is 46. The molecular formula is C63H96O6. The minimum absolute atomic E-state index is 0.130. The Labute approximate surface area is 422 Å². The highest BCUT2D eigenvalue weighted by atomic mass is 16.6. The molecule has 0 spiro atoms. The quantitative estimate of drug-likeness (QED) is 0.0262. The molecule has 0 amide bonds. The van der Waals surface area contributed by atoms with Crippen molar-refractivity contribution >= 4 is 17.9 Å². The van der Waals surface area contributed by atoms with Gasteiger partial charge in [0.05, 0.1) is 0 Å². The first-order chi connectivity index (χ1) is 34.0. The van der Waals surface area contributed by atoms with E-state index in [0.29, 0.717) is 12.8 Å². The molecule has 0 fully saturated rings. The van der Waals surface area contributed by atoms with E-state index in [1.54, 1.807) is 0 Å². The Morgan fingerprint density at radius 2 is 0.551 bits per heavy atom. The summed E-state index contributed by atoms with van der Waals surface area (Å²) in [7, 11) is 0. The molecule has 0 saturated carbocycles. The predicted octanol–water partition coefficient (Wildman–Crippen LogP) is 18.2. The van der Waals surface area contributed by atoms with Gasteiger partial charge in [-0.05, 0) is 128 Å². The molecular weight excluding hydrogens is 853 g/mol. The van der Waals surface area contributed by atoms with Crippen molar-refractivity contribution in [2.75, 3.05) is 13.2 Å². The van der Waals surface area contributed by atoms with Crippen LogP contribution < -0.4 is 0 Å². The average molecular weight is 949 g/mol. The largest absolute Gasteiger partial charge is 0.462 e. The lowest BCUT2D eigenvalue weighted by atomic mass is 10.1. The number of hydrogen-bond donors (Lipinski definition) is 0. The molecule has 0 aliphatic heterocycles. The van der Waals surface area contributed by atoms with Crippen molar-refractivity contribution < 1.29 is 28.6 Å². The molecule has 0 saturated heterocycles. The standard InChI is InChI=1S/C63H96O6/c1-4-7-10-13-16-19-22-25-27-29-31-33-35-38-41-44-47-50-53-56-62(65)68-59-60(58-67-61(64)55-52-49-46-43-40-37-24-21-18-15-12-9-6-3)69-63(66)57-54-51-48-45-42-39-36-34-32-30-28-26-23-20-17-14-11-8-5-2/h7-12,16-21,25-28,31-34,37-38,40-41,47,50,60H,4-6,13-15,22-24,29-30,35-36,39,42-46,48-49,51-59H2,1-3H3/b10-7-,11-8-,12-9-,19-16-,20-17-,21-18-,27-25-,28-26-,33-31-,34-32-,40-37-,41-38-,50-47-. The maximum absolute atomic E-state index is 12.8. The molecule has 69 heavy (non-hydrogen) atoms. The van der Waals surface area contributed by atoms with Gasteiger partial charge >= 0.3 is 17.9 Å². The second-order valence-corrected chi connectivity index (χ2v) is 17.0. The monoisotopic (exact) mass is 949 g/mol. The summed E-state index contributed by atoms with van der Waals surface area (Å²) in [6.07, 6.45) is 81.0. The summed E-state index contributed by atoms with van der Waals surface area (Å²) in [4.78, 5) is 38.0. The lowest BCUT2D eigenvalue weighted by Crippen LogP contribution is -2.30. The fraction of sp³-hybridized carbons (Fsp3) is 0.540. The Kier molecular flexibility index (Phi) is 51.6. The minimum Gasteiger partial charge on any atom is -0.462 e. The normalized spacial score (nSPS) is 13.4. The van der Waals surface area contributed by atoms with Crippen LogP contribution in [0.1, 0.15) is 201 Å². The van der Waals surface area contributed by atoms with Crippen molar-refractivity contribution in [2.24, 2.45) is 0 Å². The summed E-state index contributed by atoms with van der Waals surface area (Å²) in [6, 6.07) is 0. The zero-order valence-electron chi connectivity index (χ0n) is 43.8. The van der Waals surface area contributed by atoms with Crippen LogP contribution in [0, 0.1) is 0 Å².